The summed E-state index contributed by atoms with van der Waals surface area (Å²) in [5.41, 5.74) is 2.37. The summed E-state index contributed by atoms with van der Waals surface area (Å²) in [6.07, 6.45) is 6.08. The van der Waals surface area contributed by atoms with Crippen molar-refractivity contribution in [3.63, 3.8) is 0 Å². The Balaban J connectivity index is 1.72. The Kier molecular flexibility index (Phi) is 5.87. The number of aryl methyl sites for hydroxylation is 1. The highest BCUT2D eigenvalue weighted by Crippen LogP contribution is 2.28. The van der Waals surface area contributed by atoms with Crippen molar-refractivity contribution in [2.75, 3.05) is 12.4 Å². The van der Waals surface area contributed by atoms with E-state index >= 15 is 0 Å². The predicted molar refractivity (Wildman–Crippen MR) is 119 cm³/mol. The third kappa shape index (κ3) is 4.43. The molecule has 0 spiro atoms. The number of ether oxygens (including phenoxy) is 1. The minimum atomic E-state index is -0.643. The molecule has 0 aliphatic rings. The van der Waals surface area contributed by atoms with Crippen molar-refractivity contribution in [2.24, 2.45) is 0 Å². The molecule has 1 atom stereocenters. The summed E-state index contributed by atoms with van der Waals surface area (Å²) in [5.74, 6) is 0.0361. The minimum absolute atomic E-state index is 0.0331. The number of benzene rings is 1. The van der Waals surface area contributed by atoms with E-state index in [0.29, 0.717) is 17.0 Å². The quantitative estimate of drug-likeness (QED) is 0.483. The molecule has 0 bridgehead atoms. The van der Waals surface area contributed by atoms with Crippen LogP contribution in [0.2, 0.25) is 0 Å². The first-order chi connectivity index (χ1) is 15.9. The summed E-state index contributed by atoms with van der Waals surface area (Å²) in [5, 5.41) is 16.6. The van der Waals surface area contributed by atoms with Crippen molar-refractivity contribution in [2.45, 2.75) is 19.9 Å². The van der Waals surface area contributed by atoms with E-state index in [1.165, 1.54) is 18.3 Å². The van der Waals surface area contributed by atoms with Crippen LogP contribution in [0, 0.1) is 24.1 Å². The van der Waals surface area contributed by atoms with E-state index in [-0.39, 0.29) is 11.4 Å². The Morgan fingerprint density at radius 1 is 1.24 bits per heavy atom. The molecule has 0 saturated carbocycles. The second kappa shape index (κ2) is 8.92. The smallest absolute Gasteiger partial charge is 0.291 e. The van der Waals surface area contributed by atoms with Gasteiger partial charge in [0.15, 0.2) is 5.69 Å². The summed E-state index contributed by atoms with van der Waals surface area (Å²) in [6, 6.07) is 9.31. The SMILES string of the molecule is COc1cc(Nc2cc(C#N)nn([C@@H](C)c3cncc(F)c3)c2=O)ccc1-n1cnc(C)c1. The molecule has 166 valence electrons. The Morgan fingerprint density at radius 2 is 2.06 bits per heavy atom. The Morgan fingerprint density at radius 3 is 2.73 bits per heavy atom. The van der Waals surface area contributed by atoms with Crippen molar-refractivity contribution in [3.8, 4) is 17.5 Å². The van der Waals surface area contributed by atoms with Gasteiger partial charge in [-0.25, -0.2) is 14.1 Å². The number of methoxy groups -OCH3 is 1. The van der Waals surface area contributed by atoms with Gasteiger partial charge >= 0.3 is 0 Å². The lowest BCUT2D eigenvalue weighted by molar-refractivity contribution is 0.413. The van der Waals surface area contributed by atoms with Crippen LogP contribution in [-0.2, 0) is 0 Å². The maximum atomic E-state index is 13.6. The van der Waals surface area contributed by atoms with E-state index in [1.807, 2.05) is 29.8 Å². The molecule has 0 amide bonds. The first kappa shape index (κ1) is 21.7. The van der Waals surface area contributed by atoms with Crippen LogP contribution in [0.15, 0.2) is 60.0 Å². The molecule has 0 unspecified atom stereocenters. The normalized spacial score (nSPS) is 11.6. The van der Waals surface area contributed by atoms with Crippen LogP contribution in [0.3, 0.4) is 0 Å². The summed E-state index contributed by atoms with van der Waals surface area (Å²) in [7, 11) is 1.55. The van der Waals surface area contributed by atoms with Gasteiger partial charge in [-0.3, -0.25) is 9.78 Å². The fourth-order valence-electron chi connectivity index (χ4n) is 3.39. The highest BCUT2D eigenvalue weighted by molar-refractivity contribution is 5.65. The van der Waals surface area contributed by atoms with Gasteiger partial charge < -0.3 is 14.6 Å². The summed E-state index contributed by atoms with van der Waals surface area (Å²) >= 11 is 0. The number of nitrogens with zero attached hydrogens (tertiary/aromatic N) is 6. The third-order valence-electron chi connectivity index (χ3n) is 5.07. The molecule has 0 fully saturated rings. The van der Waals surface area contributed by atoms with E-state index in [1.54, 1.807) is 32.5 Å². The molecule has 0 aliphatic carbocycles. The van der Waals surface area contributed by atoms with Gasteiger partial charge in [0, 0.05) is 30.2 Å². The van der Waals surface area contributed by atoms with Crippen molar-refractivity contribution in [3.05, 3.63) is 88.4 Å². The van der Waals surface area contributed by atoms with Gasteiger partial charge in [0.25, 0.3) is 5.56 Å². The monoisotopic (exact) mass is 445 g/mol. The molecule has 3 heterocycles. The zero-order valence-corrected chi connectivity index (χ0v) is 18.2. The minimum Gasteiger partial charge on any atom is -0.494 e. The zero-order valence-electron chi connectivity index (χ0n) is 18.2. The Bertz CT molecular complexity index is 1420. The number of anilines is 2. The van der Waals surface area contributed by atoms with E-state index in [0.717, 1.165) is 22.3 Å². The van der Waals surface area contributed by atoms with Crippen LogP contribution in [0.1, 0.15) is 29.9 Å². The fourth-order valence-corrected chi connectivity index (χ4v) is 3.39. The molecule has 0 aliphatic heterocycles. The van der Waals surface area contributed by atoms with E-state index in [9.17, 15) is 14.4 Å². The van der Waals surface area contributed by atoms with Gasteiger partial charge in [0.2, 0.25) is 0 Å². The molecule has 9 nitrogen and oxygen atoms in total. The third-order valence-corrected chi connectivity index (χ3v) is 5.07. The Hall–Kier alpha value is -4.52. The molecule has 4 rings (SSSR count). The van der Waals surface area contributed by atoms with Gasteiger partial charge in [-0.1, -0.05) is 0 Å². The number of aromatic nitrogens is 5. The average Bonchev–Trinajstić information content (AvgIpc) is 3.25. The van der Waals surface area contributed by atoms with Crippen LogP contribution >= 0.6 is 0 Å². The lowest BCUT2D eigenvalue weighted by Gasteiger charge is -2.17. The van der Waals surface area contributed by atoms with Gasteiger partial charge in [-0.15, -0.1) is 0 Å². The topological polar surface area (TPSA) is 111 Å². The second-order valence-electron chi connectivity index (χ2n) is 7.35. The molecule has 0 saturated heterocycles. The largest absolute Gasteiger partial charge is 0.494 e. The summed E-state index contributed by atoms with van der Waals surface area (Å²) in [6.45, 7) is 3.57. The standard InChI is InChI=1S/C23H20FN7O2/c1-14-12-30(13-27-14)21-5-4-18(8-22(21)33-3)28-20-7-19(9-25)29-31(23(20)32)15(2)16-6-17(24)11-26-10-16/h4-8,10-13,15,28H,1-3H3/t15-/m0/s1. The maximum absolute atomic E-state index is 13.6. The number of rotatable bonds is 6. The van der Waals surface area contributed by atoms with Crippen LogP contribution in [-0.4, -0.2) is 31.4 Å². The van der Waals surface area contributed by atoms with Crippen LogP contribution in [0.4, 0.5) is 15.8 Å². The van der Waals surface area contributed by atoms with Crippen molar-refractivity contribution in [1.82, 2.24) is 24.3 Å². The molecule has 33 heavy (non-hydrogen) atoms. The molecule has 1 aromatic carbocycles. The second-order valence-corrected chi connectivity index (χ2v) is 7.35. The van der Waals surface area contributed by atoms with Crippen molar-refractivity contribution in [1.29, 1.82) is 5.26 Å². The molecule has 1 N–H and O–H groups in total. The highest BCUT2D eigenvalue weighted by atomic mass is 19.1. The average molecular weight is 445 g/mol. The lowest BCUT2D eigenvalue weighted by Crippen LogP contribution is -2.29. The first-order valence-corrected chi connectivity index (χ1v) is 10.00. The van der Waals surface area contributed by atoms with Crippen LogP contribution in [0.25, 0.3) is 5.69 Å². The van der Waals surface area contributed by atoms with Crippen LogP contribution in [0.5, 0.6) is 5.75 Å². The molecular formula is C23H20FN7O2. The number of hydrogen-bond donors (Lipinski definition) is 1. The number of imidazole rings is 1. The van der Waals surface area contributed by atoms with Gasteiger partial charge in [-0.05, 0) is 37.6 Å². The molecule has 3 aromatic heterocycles. The van der Waals surface area contributed by atoms with E-state index in [4.69, 9.17) is 4.74 Å². The van der Waals surface area contributed by atoms with E-state index < -0.39 is 17.4 Å². The number of halogens is 1. The summed E-state index contributed by atoms with van der Waals surface area (Å²) < 4.78 is 22.1. The molecular weight excluding hydrogens is 425 g/mol. The number of pyridine rings is 1. The lowest BCUT2D eigenvalue weighted by atomic mass is 10.1. The zero-order chi connectivity index (χ0) is 23.5. The van der Waals surface area contributed by atoms with E-state index in [2.05, 4.69) is 20.4 Å². The summed E-state index contributed by atoms with van der Waals surface area (Å²) in [4.78, 5) is 21.2. The number of nitrogens with one attached hydrogen (secondary N) is 1. The Labute approximate surface area is 188 Å². The van der Waals surface area contributed by atoms with Gasteiger partial charge in [-0.2, -0.15) is 10.4 Å². The fraction of sp³-hybridized carbons (Fsp3) is 0.174. The van der Waals surface area contributed by atoms with Gasteiger partial charge in [0.05, 0.1) is 37.1 Å². The van der Waals surface area contributed by atoms with Gasteiger partial charge in [0.1, 0.15) is 23.3 Å². The maximum Gasteiger partial charge on any atom is 0.291 e. The molecule has 0 radical (unpaired) electrons. The number of nitriles is 1. The highest BCUT2D eigenvalue weighted by Gasteiger charge is 2.17. The molecule has 10 heteroatoms. The van der Waals surface area contributed by atoms with Crippen molar-refractivity contribution < 1.29 is 9.13 Å². The predicted octanol–water partition coefficient (Wildman–Crippen LogP) is 3.50. The van der Waals surface area contributed by atoms with Crippen LogP contribution < -0.4 is 15.6 Å². The molecule has 4 aromatic rings. The van der Waals surface area contributed by atoms with Crippen molar-refractivity contribution >= 4 is 11.4 Å². The first-order valence-electron chi connectivity index (χ1n) is 10.00. The number of hydrogen-bond acceptors (Lipinski definition) is 7.